The number of aryl methyl sites for hydroxylation is 1. The van der Waals surface area contributed by atoms with Crippen LogP contribution >= 0.6 is 23.2 Å². The SMILES string of the molecule is Cn1cc(CN2C(=O)c3c(Cl)ccc(Cl)c3C2C#N)cn1. The third-order valence-corrected chi connectivity index (χ3v) is 4.08. The van der Waals surface area contributed by atoms with E-state index < -0.39 is 6.04 Å². The van der Waals surface area contributed by atoms with E-state index in [4.69, 9.17) is 23.2 Å². The molecule has 0 aliphatic carbocycles. The van der Waals surface area contributed by atoms with Crippen molar-refractivity contribution in [3.8, 4) is 6.07 Å². The summed E-state index contributed by atoms with van der Waals surface area (Å²) in [4.78, 5) is 14.0. The molecule has 0 spiro atoms. The van der Waals surface area contributed by atoms with Crippen molar-refractivity contribution in [2.45, 2.75) is 12.6 Å². The molecule has 0 fully saturated rings. The van der Waals surface area contributed by atoms with Crippen molar-refractivity contribution in [1.82, 2.24) is 14.7 Å². The fourth-order valence-corrected chi connectivity index (χ4v) is 3.02. The fourth-order valence-electron chi connectivity index (χ4n) is 2.52. The van der Waals surface area contributed by atoms with Gasteiger partial charge >= 0.3 is 0 Å². The van der Waals surface area contributed by atoms with Gasteiger partial charge in [-0.25, -0.2) is 0 Å². The van der Waals surface area contributed by atoms with Crippen LogP contribution in [0, 0.1) is 11.3 Å². The number of rotatable bonds is 2. The first-order chi connectivity index (χ1) is 10.0. The van der Waals surface area contributed by atoms with Gasteiger partial charge in [-0.1, -0.05) is 23.2 Å². The summed E-state index contributed by atoms with van der Waals surface area (Å²) in [7, 11) is 1.79. The second kappa shape index (κ2) is 5.06. The van der Waals surface area contributed by atoms with E-state index in [2.05, 4.69) is 11.2 Å². The first-order valence-corrected chi connectivity index (χ1v) is 6.94. The van der Waals surface area contributed by atoms with Crippen LogP contribution in [0.4, 0.5) is 0 Å². The molecule has 0 N–H and O–H groups in total. The van der Waals surface area contributed by atoms with Crippen molar-refractivity contribution in [2.75, 3.05) is 0 Å². The van der Waals surface area contributed by atoms with Gasteiger partial charge < -0.3 is 4.90 Å². The van der Waals surface area contributed by atoms with Crippen molar-refractivity contribution < 1.29 is 4.79 Å². The Hall–Kier alpha value is -2.03. The predicted molar refractivity (Wildman–Crippen MR) is 77.9 cm³/mol. The van der Waals surface area contributed by atoms with Crippen LogP contribution < -0.4 is 0 Å². The third kappa shape index (κ3) is 2.17. The smallest absolute Gasteiger partial charge is 0.257 e. The maximum atomic E-state index is 12.6. The van der Waals surface area contributed by atoms with Crippen LogP contribution in [0.5, 0.6) is 0 Å². The number of nitrogens with zero attached hydrogens (tertiary/aromatic N) is 4. The predicted octanol–water partition coefficient (Wildman–Crippen LogP) is 2.95. The number of hydrogen-bond donors (Lipinski definition) is 0. The lowest BCUT2D eigenvalue weighted by molar-refractivity contribution is 0.0744. The maximum absolute atomic E-state index is 12.6. The molecule has 2 aromatic rings. The highest BCUT2D eigenvalue weighted by atomic mass is 35.5. The summed E-state index contributed by atoms with van der Waals surface area (Å²) in [5.74, 6) is -0.284. The molecule has 5 nitrogen and oxygen atoms in total. The minimum atomic E-state index is -0.737. The Labute approximate surface area is 131 Å². The van der Waals surface area contributed by atoms with Crippen molar-refractivity contribution in [3.05, 3.63) is 51.3 Å². The highest BCUT2D eigenvalue weighted by Gasteiger charge is 2.40. The minimum Gasteiger partial charge on any atom is -0.314 e. The number of halogens is 2. The first-order valence-electron chi connectivity index (χ1n) is 6.19. The topological polar surface area (TPSA) is 61.9 Å². The summed E-state index contributed by atoms with van der Waals surface area (Å²) in [6, 6.07) is 4.57. The Bertz CT molecular complexity index is 778. The zero-order chi connectivity index (χ0) is 15.1. The molecule has 1 aliphatic rings. The quantitative estimate of drug-likeness (QED) is 0.854. The monoisotopic (exact) mass is 320 g/mol. The third-order valence-electron chi connectivity index (χ3n) is 3.43. The molecular weight excluding hydrogens is 311 g/mol. The molecule has 1 aromatic heterocycles. The lowest BCUT2D eigenvalue weighted by atomic mass is 10.1. The number of carbonyl (C=O) groups excluding carboxylic acids is 1. The van der Waals surface area contributed by atoms with Gasteiger partial charge in [0.1, 0.15) is 6.04 Å². The number of benzene rings is 1. The van der Waals surface area contributed by atoms with Gasteiger partial charge in [-0.05, 0) is 12.1 Å². The van der Waals surface area contributed by atoms with Crippen LogP contribution in [0.1, 0.15) is 27.5 Å². The Balaban J connectivity index is 2.05. The highest BCUT2D eigenvalue weighted by molar-refractivity contribution is 6.37. The second-order valence-corrected chi connectivity index (χ2v) is 5.62. The summed E-state index contributed by atoms with van der Waals surface area (Å²) >= 11 is 12.2. The van der Waals surface area contributed by atoms with Gasteiger partial charge in [0.25, 0.3) is 5.91 Å². The van der Waals surface area contributed by atoms with Crippen LogP contribution in [0.3, 0.4) is 0 Å². The van der Waals surface area contributed by atoms with E-state index in [1.54, 1.807) is 36.3 Å². The van der Waals surface area contributed by atoms with E-state index in [9.17, 15) is 10.1 Å². The van der Waals surface area contributed by atoms with Gasteiger partial charge in [0, 0.05) is 29.4 Å². The zero-order valence-electron chi connectivity index (χ0n) is 11.0. The number of carbonyl (C=O) groups is 1. The largest absolute Gasteiger partial charge is 0.314 e. The van der Waals surface area contributed by atoms with Gasteiger partial charge in [-0.3, -0.25) is 9.48 Å². The molecule has 1 amide bonds. The molecule has 1 aliphatic heterocycles. The van der Waals surface area contributed by atoms with Crippen LogP contribution in [0.25, 0.3) is 0 Å². The van der Waals surface area contributed by atoms with Gasteiger partial charge in [-0.15, -0.1) is 0 Å². The Kier molecular flexibility index (Phi) is 3.36. The molecule has 7 heteroatoms. The van der Waals surface area contributed by atoms with Crippen molar-refractivity contribution in [2.24, 2.45) is 7.05 Å². The molecule has 2 heterocycles. The Morgan fingerprint density at radius 2 is 2.10 bits per heavy atom. The normalized spacial score (nSPS) is 17.0. The second-order valence-electron chi connectivity index (χ2n) is 4.80. The van der Waals surface area contributed by atoms with E-state index in [0.29, 0.717) is 21.2 Å². The van der Waals surface area contributed by atoms with Gasteiger partial charge in [-0.2, -0.15) is 10.4 Å². The number of aromatic nitrogens is 2. The first kappa shape index (κ1) is 13.9. The lowest BCUT2D eigenvalue weighted by Gasteiger charge is -2.19. The molecule has 1 atom stereocenters. The average Bonchev–Trinajstić information content (AvgIpc) is 2.98. The number of amides is 1. The van der Waals surface area contributed by atoms with Gasteiger partial charge in [0.15, 0.2) is 0 Å². The molecule has 106 valence electrons. The van der Waals surface area contributed by atoms with Gasteiger partial charge in [0.2, 0.25) is 0 Å². The van der Waals surface area contributed by atoms with Crippen LogP contribution in [0.2, 0.25) is 10.0 Å². The Morgan fingerprint density at radius 1 is 1.38 bits per heavy atom. The average molecular weight is 321 g/mol. The van der Waals surface area contributed by atoms with Crippen molar-refractivity contribution in [3.63, 3.8) is 0 Å². The maximum Gasteiger partial charge on any atom is 0.257 e. The molecule has 1 aromatic carbocycles. The summed E-state index contributed by atoms with van der Waals surface area (Å²) in [6.45, 7) is 0.284. The zero-order valence-corrected chi connectivity index (χ0v) is 12.6. The van der Waals surface area contributed by atoms with E-state index in [0.717, 1.165) is 5.56 Å². The summed E-state index contributed by atoms with van der Waals surface area (Å²) in [5.41, 5.74) is 1.64. The van der Waals surface area contributed by atoms with E-state index in [1.807, 2.05) is 0 Å². The summed E-state index contributed by atoms with van der Waals surface area (Å²) < 4.78 is 1.64. The summed E-state index contributed by atoms with van der Waals surface area (Å²) in [6.07, 6.45) is 3.46. The molecule has 3 rings (SSSR count). The molecule has 0 bridgehead atoms. The lowest BCUT2D eigenvalue weighted by Crippen LogP contribution is -2.26. The van der Waals surface area contributed by atoms with Crippen molar-refractivity contribution >= 4 is 29.1 Å². The standard InChI is InChI=1S/C14H10Cl2N4O/c1-19-6-8(5-18-19)7-20-11(4-17)12-9(15)2-3-10(16)13(12)14(20)21/h2-3,5-6,11H,7H2,1H3. The van der Waals surface area contributed by atoms with Crippen LogP contribution in [-0.2, 0) is 13.6 Å². The van der Waals surface area contributed by atoms with Crippen LogP contribution in [0.15, 0.2) is 24.5 Å². The van der Waals surface area contributed by atoms with Gasteiger partial charge in [0.05, 0.1) is 29.4 Å². The minimum absolute atomic E-state index is 0.284. The molecule has 1 unspecified atom stereocenters. The molecule has 0 radical (unpaired) electrons. The van der Waals surface area contributed by atoms with Crippen LogP contribution in [-0.4, -0.2) is 20.6 Å². The number of nitriles is 1. The number of hydrogen-bond acceptors (Lipinski definition) is 3. The molecular formula is C14H10Cl2N4O. The Morgan fingerprint density at radius 3 is 2.71 bits per heavy atom. The molecule has 21 heavy (non-hydrogen) atoms. The molecule has 0 saturated heterocycles. The van der Waals surface area contributed by atoms with E-state index in [-0.39, 0.29) is 12.5 Å². The molecule has 0 saturated carbocycles. The van der Waals surface area contributed by atoms with Crippen molar-refractivity contribution in [1.29, 1.82) is 5.26 Å². The fraction of sp³-hybridized carbons (Fsp3) is 0.214. The van der Waals surface area contributed by atoms with E-state index in [1.165, 1.54) is 4.90 Å². The highest BCUT2D eigenvalue weighted by Crippen LogP contribution is 2.41. The summed E-state index contributed by atoms with van der Waals surface area (Å²) in [5, 5.41) is 14.2. The number of fused-ring (bicyclic) bond motifs is 1. The van der Waals surface area contributed by atoms with E-state index >= 15 is 0 Å².